The van der Waals surface area contributed by atoms with Crippen LogP contribution in [0.5, 0.6) is 5.75 Å². The van der Waals surface area contributed by atoms with E-state index in [9.17, 15) is 20.1 Å². The third kappa shape index (κ3) is 6.10. The van der Waals surface area contributed by atoms with Crippen LogP contribution in [0.15, 0.2) is 48.5 Å². The van der Waals surface area contributed by atoms with Crippen molar-refractivity contribution in [2.45, 2.75) is 32.2 Å². The molecule has 1 amide bonds. The van der Waals surface area contributed by atoms with Crippen LogP contribution >= 0.6 is 0 Å². The summed E-state index contributed by atoms with van der Waals surface area (Å²) in [6.45, 7) is 2.11. The van der Waals surface area contributed by atoms with Crippen LogP contribution < -0.4 is 5.32 Å². The van der Waals surface area contributed by atoms with E-state index in [-0.39, 0.29) is 25.3 Å². The largest absolute Gasteiger partial charge is 0.508 e. The second kappa shape index (κ2) is 9.05. The Morgan fingerprint density at radius 3 is 2.56 bits per heavy atom. The third-order valence-corrected chi connectivity index (χ3v) is 3.71. The maximum Gasteiger partial charge on any atom is 0.407 e. The Balaban J connectivity index is 1.73. The molecule has 0 saturated carbocycles. The number of nitrogens with one attached hydrogen (secondary N) is 1. The lowest BCUT2D eigenvalue weighted by Crippen LogP contribution is -2.29. The number of aliphatic hydroxyl groups is 2. The highest BCUT2D eigenvalue weighted by molar-refractivity contribution is 5.67. The zero-order chi connectivity index (χ0) is 18.2. The van der Waals surface area contributed by atoms with Crippen molar-refractivity contribution in [3.8, 4) is 5.75 Å². The molecule has 0 aliphatic rings. The SMILES string of the molecule is Cc1cc(O)cc(C(O)C(O)CCNC(=O)OCc2ccccc2)c1. The fourth-order valence-corrected chi connectivity index (χ4v) is 2.44. The number of phenols is 1. The summed E-state index contributed by atoms with van der Waals surface area (Å²) < 4.78 is 5.06. The molecule has 2 rings (SSSR count). The summed E-state index contributed by atoms with van der Waals surface area (Å²) in [7, 11) is 0. The van der Waals surface area contributed by atoms with Gasteiger partial charge in [-0.25, -0.2) is 4.79 Å². The first kappa shape index (κ1) is 18.8. The Morgan fingerprint density at radius 2 is 1.88 bits per heavy atom. The molecule has 0 aliphatic carbocycles. The Hall–Kier alpha value is -2.57. The maximum atomic E-state index is 11.6. The normalized spacial score (nSPS) is 13.1. The molecule has 134 valence electrons. The fraction of sp³-hybridized carbons (Fsp3) is 0.316. The van der Waals surface area contributed by atoms with E-state index in [4.69, 9.17) is 4.74 Å². The fourth-order valence-electron chi connectivity index (χ4n) is 2.44. The molecule has 25 heavy (non-hydrogen) atoms. The summed E-state index contributed by atoms with van der Waals surface area (Å²) in [5.74, 6) is 0.0314. The third-order valence-electron chi connectivity index (χ3n) is 3.71. The van der Waals surface area contributed by atoms with E-state index in [2.05, 4.69) is 5.32 Å². The van der Waals surface area contributed by atoms with Crippen LogP contribution in [0.2, 0.25) is 0 Å². The Morgan fingerprint density at radius 1 is 1.16 bits per heavy atom. The lowest BCUT2D eigenvalue weighted by molar-refractivity contribution is 0.0135. The van der Waals surface area contributed by atoms with E-state index in [1.807, 2.05) is 30.3 Å². The van der Waals surface area contributed by atoms with Gasteiger partial charge in [-0.15, -0.1) is 0 Å². The number of hydrogen-bond donors (Lipinski definition) is 4. The van der Waals surface area contributed by atoms with Gasteiger partial charge in [-0.3, -0.25) is 0 Å². The van der Waals surface area contributed by atoms with E-state index >= 15 is 0 Å². The number of aliphatic hydroxyl groups excluding tert-OH is 2. The lowest BCUT2D eigenvalue weighted by atomic mass is 10.00. The molecule has 0 aromatic heterocycles. The van der Waals surface area contributed by atoms with Gasteiger partial charge in [0.05, 0.1) is 6.10 Å². The van der Waals surface area contributed by atoms with Crippen LogP contribution in [0.4, 0.5) is 4.79 Å². The van der Waals surface area contributed by atoms with Gasteiger partial charge in [0.1, 0.15) is 18.5 Å². The second-order valence-electron chi connectivity index (χ2n) is 5.89. The minimum atomic E-state index is -1.15. The Bertz CT molecular complexity index is 669. The van der Waals surface area contributed by atoms with Crippen LogP contribution in [-0.4, -0.2) is 34.1 Å². The van der Waals surface area contributed by atoms with Gasteiger partial charge in [0.2, 0.25) is 0 Å². The number of aryl methyl sites for hydroxylation is 1. The van der Waals surface area contributed by atoms with Gasteiger partial charge in [-0.1, -0.05) is 36.4 Å². The number of aromatic hydroxyl groups is 1. The molecule has 2 unspecified atom stereocenters. The average Bonchev–Trinajstić information content (AvgIpc) is 2.59. The molecular formula is C19H23NO5. The zero-order valence-electron chi connectivity index (χ0n) is 14.1. The van der Waals surface area contributed by atoms with Gasteiger partial charge in [0, 0.05) is 6.54 Å². The number of rotatable bonds is 7. The highest BCUT2D eigenvalue weighted by Crippen LogP contribution is 2.24. The number of phenolic OH excluding ortho intramolecular Hbond substituents is 1. The van der Waals surface area contributed by atoms with Crippen molar-refractivity contribution in [3.63, 3.8) is 0 Å². The van der Waals surface area contributed by atoms with Crippen molar-refractivity contribution in [3.05, 3.63) is 65.2 Å². The summed E-state index contributed by atoms with van der Waals surface area (Å²) in [6, 6.07) is 14.0. The molecule has 0 heterocycles. The number of alkyl carbamates (subject to hydrolysis) is 1. The van der Waals surface area contributed by atoms with Crippen LogP contribution in [-0.2, 0) is 11.3 Å². The van der Waals surface area contributed by atoms with Crippen LogP contribution in [0, 0.1) is 6.92 Å². The summed E-state index contributed by atoms with van der Waals surface area (Å²) in [6.07, 6.45) is -2.65. The zero-order valence-corrected chi connectivity index (χ0v) is 14.1. The minimum absolute atomic E-state index is 0.0314. The van der Waals surface area contributed by atoms with Gasteiger partial charge in [0.25, 0.3) is 0 Å². The number of amides is 1. The summed E-state index contributed by atoms with van der Waals surface area (Å²) in [5, 5.41) is 32.3. The first-order chi connectivity index (χ1) is 12.0. The van der Waals surface area contributed by atoms with E-state index in [0.717, 1.165) is 11.1 Å². The second-order valence-corrected chi connectivity index (χ2v) is 5.89. The van der Waals surface area contributed by atoms with Crippen LogP contribution in [0.25, 0.3) is 0 Å². The number of ether oxygens (including phenoxy) is 1. The van der Waals surface area contributed by atoms with Gasteiger partial charge >= 0.3 is 6.09 Å². The summed E-state index contributed by atoms with van der Waals surface area (Å²) >= 11 is 0. The van der Waals surface area contributed by atoms with Gasteiger partial charge in [-0.2, -0.15) is 0 Å². The molecule has 4 N–H and O–H groups in total. The van der Waals surface area contributed by atoms with Crippen molar-refractivity contribution in [1.82, 2.24) is 5.32 Å². The smallest absolute Gasteiger partial charge is 0.407 e. The molecule has 0 saturated heterocycles. The standard InChI is InChI=1S/C19H23NO5/c1-13-9-15(11-16(21)10-13)18(23)17(22)7-8-20-19(24)25-12-14-5-3-2-4-6-14/h2-6,9-11,17-18,21-23H,7-8,12H2,1H3,(H,20,24). The highest BCUT2D eigenvalue weighted by atomic mass is 16.5. The predicted molar refractivity (Wildman–Crippen MR) is 93.1 cm³/mol. The van der Waals surface area contributed by atoms with Crippen molar-refractivity contribution in [1.29, 1.82) is 0 Å². The minimum Gasteiger partial charge on any atom is -0.508 e. The molecule has 0 radical (unpaired) electrons. The summed E-state index contributed by atoms with van der Waals surface area (Å²) in [5.41, 5.74) is 2.09. The molecule has 0 bridgehead atoms. The Labute approximate surface area is 146 Å². The molecule has 6 nitrogen and oxygen atoms in total. The van der Waals surface area contributed by atoms with Gasteiger partial charge < -0.3 is 25.4 Å². The summed E-state index contributed by atoms with van der Waals surface area (Å²) in [4.78, 5) is 11.6. The van der Waals surface area contributed by atoms with E-state index < -0.39 is 18.3 Å². The van der Waals surface area contributed by atoms with Crippen molar-refractivity contribution >= 4 is 6.09 Å². The molecule has 2 aromatic rings. The van der Waals surface area contributed by atoms with E-state index in [0.29, 0.717) is 5.56 Å². The molecular weight excluding hydrogens is 322 g/mol. The lowest BCUT2D eigenvalue weighted by Gasteiger charge is -2.19. The molecule has 2 aromatic carbocycles. The van der Waals surface area contributed by atoms with Crippen LogP contribution in [0.1, 0.15) is 29.2 Å². The first-order valence-electron chi connectivity index (χ1n) is 8.07. The predicted octanol–water partition coefficient (Wildman–Crippen LogP) is 2.41. The van der Waals surface area contributed by atoms with Gasteiger partial charge in [-0.05, 0) is 42.2 Å². The molecule has 0 aliphatic heterocycles. The molecule has 6 heteroatoms. The number of carbonyl (C=O) groups is 1. The quantitative estimate of drug-likeness (QED) is 0.618. The first-order valence-corrected chi connectivity index (χ1v) is 8.07. The van der Waals surface area contributed by atoms with Crippen molar-refractivity contribution in [2.75, 3.05) is 6.54 Å². The van der Waals surface area contributed by atoms with Crippen LogP contribution in [0.3, 0.4) is 0 Å². The van der Waals surface area contributed by atoms with E-state index in [1.54, 1.807) is 19.1 Å². The average molecular weight is 345 g/mol. The number of hydrogen-bond acceptors (Lipinski definition) is 5. The van der Waals surface area contributed by atoms with Gasteiger partial charge in [0.15, 0.2) is 0 Å². The molecule has 0 fully saturated rings. The molecule has 0 spiro atoms. The van der Waals surface area contributed by atoms with E-state index in [1.165, 1.54) is 6.07 Å². The van der Waals surface area contributed by atoms with Crippen molar-refractivity contribution < 1.29 is 24.9 Å². The van der Waals surface area contributed by atoms with Crippen molar-refractivity contribution in [2.24, 2.45) is 0 Å². The number of benzene rings is 2. The monoisotopic (exact) mass is 345 g/mol. The number of carbonyl (C=O) groups excluding carboxylic acids is 1. The highest BCUT2D eigenvalue weighted by Gasteiger charge is 2.19. The Kier molecular flexibility index (Phi) is 6.80. The maximum absolute atomic E-state index is 11.6. The topological polar surface area (TPSA) is 99.0 Å². The molecule has 2 atom stereocenters.